The van der Waals surface area contributed by atoms with Crippen molar-refractivity contribution >= 4 is 0 Å². The third kappa shape index (κ3) is 3.58. The average molecular weight is 199 g/mol. The zero-order chi connectivity index (χ0) is 10.4. The molecule has 0 aromatic rings. The van der Waals surface area contributed by atoms with E-state index in [0.717, 1.165) is 13.0 Å². The number of hydrogen-bond acceptors (Lipinski definition) is 2. The molecule has 1 saturated carbocycles. The molecule has 2 heteroatoms. The summed E-state index contributed by atoms with van der Waals surface area (Å²) in [6, 6.07) is 0.643. The van der Waals surface area contributed by atoms with Crippen molar-refractivity contribution in [3.63, 3.8) is 0 Å². The van der Waals surface area contributed by atoms with Gasteiger partial charge in [0.2, 0.25) is 0 Å². The summed E-state index contributed by atoms with van der Waals surface area (Å²) in [5.74, 6) is 0.504. The van der Waals surface area contributed by atoms with Gasteiger partial charge in [0, 0.05) is 12.6 Å². The molecular weight excluding hydrogens is 174 g/mol. The standard InChI is InChI=1S/C12H25NO/c1-3-11(4-2)13-9-10-7-5-6-8-12(10)14/h10-14H,3-9H2,1-2H3/t10-,12-/m0/s1. The molecule has 0 unspecified atom stereocenters. The van der Waals surface area contributed by atoms with E-state index in [1.54, 1.807) is 0 Å². The Hall–Kier alpha value is -0.0800. The Morgan fingerprint density at radius 2 is 1.86 bits per heavy atom. The maximum atomic E-state index is 9.79. The summed E-state index contributed by atoms with van der Waals surface area (Å²) in [6.45, 7) is 5.45. The van der Waals surface area contributed by atoms with Crippen molar-refractivity contribution in [2.45, 2.75) is 64.5 Å². The first-order valence-corrected chi connectivity index (χ1v) is 6.19. The molecule has 1 fully saturated rings. The second-order valence-corrected chi connectivity index (χ2v) is 4.53. The smallest absolute Gasteiger partial charge is 0.0580 e. The Morgan fingerprint density at radius 3 is 2.43 bits per heavy atom. The van der Waals surface area contributed by atoms with Crippen molar-refractivity contribution in [1.82, 2.24) is 5.32 Å². The normalized spacial score (nSPS) is 28.3. The molecule has 0 saturated heterocycles. The van der Waals surface area contributed by atoms with Crippen LogP contribution < -0.4 is 5.32 Å². The highest BCUT2D eigenvalue weighted by atomic mass is 16.3. The maximum Gasteiger partial charge on any atom is 0.0580 e. The van der Waals surface area contributed by atoms with Crippen molar-refractivity contribution in [1.29, 1.82) is 0 Å². The van der Waals surface area contributed by atoms with Gasteiger partial charge in [-0.3, -0.25) is 0 Å². The predicted octanol–water partition coefficient (Wildman–Crippen LogP) is 2.32. The molecule has 14 heavy (non-hydrogen) atoms. The summed E-state index contributed by atoms with van der Waals surface area (Å²) in [5.41, 5.74) is 0. The van der Waals surface area contributed by atoms with Crippen molar-refractivity contribution in [3.8, 4) is 0 Å². The minimum atomic E-state index is -0.0504. The van der Waals surface area contributed by atoms with Crippen LogP contribution in [0.1, 0.15) is 52.4 Å². The minimum absolute atomic E-state index is 0.0504. The van der Waals surface area contributed by atoms with E-state index in [4.69, 9.17) is 0 Å². The monoisotopic (exact) mass is 199 g/mol. The van der Waals surface area contributed by atoms with Gasteiger partial charge < -0.3 is 10.4 Å². The largest absolute Gasteiger partial charge is 0.393 e. The predicted molar refractivity (Wildman–Crippen MR) is 60.3 cm³/mol. The lowest BCUT2D eigenvalue weighted by Crippen LogP contribution is -2.38. The Labute approximate surface area is 88.1 Å². The second kappa shape index (κ2) is 6.41. The van der Waals surface area contributed by atoms with E-state index in [2.05, 4.69) is 19.2 Å². The molecule has 0 aliphatic heterocycles. The molecule has 2 N–H and O–H groups in total. The van der Waals surface area contributed by atoms with Gasteiger partial charge >= 0.3 is 0 Å². The number of aliphatic hydroxyl groups is 1. The van der Waals surface area contributed by atoms with Crippen LogP contribution in [0.3, 0.4) is 0 Å². The third-order valence-electron chi connectivity index (χ3n) is 3.52. The summed E-state index contributed by atoms with van der Waals surface area (Å²) in [4.78, 5) is 0. The van der Waals surface area contributed by atoms with Crippen LogP contribution in [0.2, 0.25) is 0 Å². The number of hydrogen-bond donors (Lipinski definition) is 2. The summed E-state index contributed by atoms with van der Waals surface area (Å²) in [6.07, 6.45) is 7.06. The number of rotatable bonds is 5. The van der Waals surface area contributed by atoms with Gasteiger partial charge in [0.15, 0.2) is 0 Å². The fraction of sp³-hybridized carbons (Fsp3) is 1.00. The molecule has 2 nitrogen and oxygen atoms in total. The first-order valence-electron chi connectivity index (χ1n) is 6.19. The van der Waals surface area contributed by atoms with E-state index in [-0.39, 0.29) is 6.10 Å². The van der Waals surface area contributed by atoms with Crippen LogP contribution in [-0.2, 0) is 0 Å². The summed E-state index contributed by atoms with van der Waals surface area (Å²) >= 11 is 0. The molecule has 0 bridgehead atoms. The molecule has 0 aromatic heterocycles. The maximum absolute atomic E-state index is 9.79. The molecule has 2 atom stereocenters. The van der Waals surface area contributed by atoms with Gasteiger partial charge in [-0.05, 0) is 31.6 Å². The van der Waals surface area contributed by atoms with Crippen LogP contribution in [0.15, 0.2) is 0 Å². The fourth-order valence-corrected chi connectivity index (χ4v) is 2.32. The zero-order valence-corrected chi connectivity index (χ0v) is 9.63. The third-order valence-corrected chi connectivity index (χ3v) is 3.52. The molecule has 0 aromatic carbocycles. The van der Waals surface area contributed by atoms with E-state index < -0.39 is 0 Å². The molecule has 1 aliphatic carbocycles. The van der Waals surface area contributed by atoms with E-state index in [1.807, 2.05) is 0 Å². The molecule has 0 amide bonds. The molecule has 1 aliphatic rings. The van der Waals surface area contributed by atoms with Gasteiger partial charge in [-0.25, -0.2) is 0 Å². The van der Waals surface area contributed by atoms with Crippen LogP contribution >= 0.6 is 0 Å². The van der Waals surface area contributed by atoms with Crippen LogP contribution in [0.25, 0.3) is 0 Å². The summed E-state index contributed by atoms with van der Waals surface area (Å²) in [5, 5.41) is 13.3. The van der Waals surface area contributed by atoms with Crippen molar-refractivity contribution in [3.05, 3.63) is 0 Å². The van der Waals surface area contributed by atoms with Crippen molar-refractivity contribution in [2.24, 2.45) is 5.92 Å². The van der Waals surface area contributed by atoms with Crippen LogP contribution in [0, 0.1) is 5.92 Å². The highest BCUT2D eigenvalue weighted by Crippen LogP contribution is 2.23. The van der Waals surface area contributed by atoms with E-state index in [1.165, 1.54) is 32.1 Å². The lowest BCUT2D eigenvalue weighted by atomic mass is 9.86. The molecular formula is C12H25NO. The van der Waals surface area contributed by atoms with Gasteiger partial charge in [0.25, 0.3) is 0 Å². The fourth-order valence-electron chi connectivity index (χ4n) is 2.32. The highest BCUT2D eigenvalue weighted by molar-refractivity contribution is 4.77. The Morgan fingerprint density at radius 1 is 1.21 bits per heavy atom. The zero-order valence-electron chi connectivity index (χ0n) is 9.63. The van der Waals surface area contributed by atoms with Crippen molar-refractivity contribution < 1.29 is 5.11 Å². The Bertz CT molecular complexity index is 145. The second-order valence-electron chi connectivity index (χ2n) is 4.53. The summed E-state index contributed by atoms with van der Waals surface area (Å²) in [7, 11) is 0. The van der Waals surface area contributed by atoms with Gasteiger partial charge in [-0.2, -0.15) is 0 Å². The van der Waals surface area contributed by atoms with Crippen LogP contribution in [-0.4, -0.2) is 23.8 Å². The van der Waals surface area contributed by atoms with E-state index >= 15 is 0 Å². The molecule has 0 heterocycles. The number of nitrogens with one attached hydrogen (secondary N) is 1. The summed E-state index contributed by atoms with van der Waals surface area (Å²) < 4.78 is 0. The average Bonchev–Trinajstić information content (AvgIpc) is 2.22. The molecule has 0 radical (unpaired) electrons. The quantitative estimate of drug-likeness (QED) is 0.712. The Kier molecular flexibility index (Phi) is 5.49. The minimum Gasteiger partial charge on any atom is -0.393 e. The van der Waals surface area contributed by atoms with E-state index in [0.29, 0.717) is 12.0 Å². The highest BCUT2D eigenvalue weighted by Gasteiger charge is 2.22. The molecule has 84 valence electrons. The Balaban J connectivity index is 2.21. The first kappa shape index (κ1) is 12.0. The van der Waals surface area contributed by atoms with Crippen LogP contribution in [0.4, 0.5) is 0 Å². The van der Waals surface area contributed by atoms with Crippen molar-refractivity contribution in [2.75, 3.05) is 6.54 Å². The molecule has 0 spiro atoms. The van der Waals surface area contributed by atoms with Gasteiger partial charge in [0.05, 0.1) is 6.10 Å². The lowest BCUT2D eigenvalue weighted by Gasteiger charge is -2.29. The van der Waals surface area contributed by atoms with Gasteiger partial charge in [0.1, 0.15) is 0 Å². The van der Waals surface area contributed by atoms with Gasteiger partial charge in [-0.15, -0.1) is 0 Å². The lowest BCUT2D eigenvalue weighted by molar-refractivity contribution is 0.0679. The number of aliphatic hydroxyl groups excluding tert-OH is 1. The van der Waals surface area contributed by atoms with E-state index in [9.17, 15) is 5.11 Å². The topological polar surface area (TPSA) is 32.3 Å². The molecule has 1 rings (SSSR count). The van der Waals surface area contributed by atoms with Crippen LogP contribution in [0.5, 0.6) is 0 Å². The first-order chi connectivity index (χ1) is 6.77. The SMILES string of the molecule is CCC(CC)NC[C@@H]1CCCC[C@@H]1O. The van der Waals surface area contributed by atoms with Gasteiger partial charge in [-0.1, -0.05) is 26.7 Å².